The van der Waals surface area contributed by atoms with Crippen LogP contribution in [0, 0.1) is 17.0 Å². The van der Waals surface area contributed by atoms with E-state index in [0.717, 1.165) is 0 Å². The summed E-state index contributed by atoms with van der Waals surface area (Å²) in [5.41, 5.74) is 1.29. The third-order valence-corrected chi connectivity index (χ3v) is 2.43. The first-order valence-electron chi connectivity index (χ1n) is 5.14. The Kier molecular flexibility index (Phi) is 2.82. The number of pyridine rings is 1. The zero-order chi connectivity index (χ0) is 12.4. The van der Waals surface area contributed by atoms with Gasteiger partial charge in [0.25, 0.3) is 5.69 Å². The topological polar surface area (TPSA) is 86.7 Å². The van der Waals surface area contributed by atoms with E-state index in [0.29, 0.717) is 23.5 Å². The molecule has 0 unspecified atom stereocenters. The first-order valence-corrected chi connectivity index (χ1v) is 5.14. The van der Waals surface area contributed by atoms with Crippen molar-refractivity contribution in [2.45, 2.75) is 20.4 Å². The number of rotatable bonds is 3. The molecule has 0 spiro atoms. The molecule has 0 aliphatic rings. The number of nitro groups is 1. The average Bonchev–Trinajstić information content (AvgIpc) is 2.76. The molecule has 0 saturated heterocycles. The van der Waals surface area contributed by atoms with Crippen molar-refractivity contribution in [2.75, 3.05) is 0 Å². The minimum Gasteiger partial charge on any atom is -0.258 e. The van der Waals surface area contributed by atoms with Gasteiger partial charge >= 0.3 is 0 Å². The summed E-state index contributed by atoms with van der Waals surface area (Å²) in [6.07, 6.45) is 3.21. The zero-order valence-corrected chi connectivity index (χ0v) is 9.49. The second kappa shape index (κ2) is 4.28. The van der Waals surface area contributed by atoms with Gasteiger partial charge in [0.05, 0.1) is 16.7 Å². The Bertz CT molecular complexity index is 564. The summed E-state index contributed by atoms with van der Waals surface area (Å²) in [5, 5.41) is 18.8. The van der Waals surface area contributed by atoms with Crippen molar-refractivity contribution in [2.24, 2.45) is 0 Å². The fourth-order valence-electron chi connectivity index (χ4n) is 1.57. The average molecular weight is 233 g/mol. The molecule has 2 aromatic heterocycles. The summed E-state index contributed by atoms with van der Waals surface area (Å²) < 4.78 is 1.62. The molecular weight excluding hydrogens is 222 g/mol. The van der Waals surface area contributed by atoms with Crippen LogP contribution in [-0.2, 0) is 6.54 Å². The number of hydrogen-bond acceptors (Lipinski definition) is 5. The van der Waals surface area contributed by atoms with Gasteiger partial charge in [-0.25, -0.2) is 0 Å². The fraction of sp³-hybridized carbons (Fsp3) is 0.300. The van der Waals surface area contributed by atoms with Crippen molar-refractivity contribution in [3.05, 3.63) is 34.3 Å². The van der Waals surface area contributed by atoms with Crippen LogP contribution >= 0.6 is 0 Å². The Morgan fingerprint density at radius 1 is 1.53 bits per heavy atom. The summed E-state index contributed by atoms with van der Waals surface area (Å²) in [7, 11) is 0. The van der Waals surface area contributed by atoms with E-state index in [2.05, 4.69) is 15.3 Å². The molecule has 0 aliphatic heterocycles. The van der Waals surface area contributed by atoms with Crippen LogP contribution in [0.4, 0.5) is 5.69 Å². The van der Waals surface area contributed by atoms with Crippen molar-refractivity contribution in [1.82, 2.24) is 20.0 Å². The maximum atomic E-state index is 11.0. The van der Waals surface area contributed by atoms with E-state index in [9.17, 15) is 10.1 Å². The van der Waals surface area contributed by atoms with Crippen molar-refractivity contribution in [1.29, 1.82) is 0 Å². The van der Waals surface area contributed by atoms with Crippen LogP contribution in [-0.4, -0.2) is 24.9 Å². The summed E-state index contributed by atoms with van der Waals surface area (Å²) in [5.74, 6) is 0. The highest BCUT2D eigenvalue weighted by Crippen LogP contribution is 2.29. The smallest absolute Gasteiger partial charge is 0.258 e. The highest BCUT2D eigenvalue weighted by Gasteiger charge is 2.21. The Balaban J connectivity index is 2.58. The molecule has 2 heterocycles. The lowest BCUT2D eigenvalue weighted by Gasteiger charge is -2.00. The van der Waals surface area contributed by atoms with Crippen LogP contribution in [0.2, 0.25) is 0 Å². The first kappa shape index (κ1) is 11.2. The van der Waals surface area contributed by atoms with Crippen LogP contribution in [0.15, 0.2) is 18.5 Å². The molecule has 0 atom stereocenters. The van der Waals surface area contributed by atoms with Gasteiger partial charge in [0.1, 0.15) is 11.4 Å². The zero-order valence-electron chi connectivity index (χ0n) is 9.49. The second-order valence-corrected chi connectivity index (χ2v) is 3.51. The van der Waals surface area contributed by atoms with Crippen molar-refractivity contribution in [3.8, 4) is 11.3 Å². The molecule has 0 bridgehead atoms. The van der Waals surface area contributed by atoms with E-state index in [-0.39, 0.29) is 5.69 Å². The number of hydrogen-bond donors (Lipinski definition) is 0. The summed E-state index contributed by atoms with van der Waals surface area (Å²) in [4.78, 5) is 14.5. The van der Waals surface area contributed by atoms with Gasteiger partial charge in [-0.3, -0.25) is 19.8 Å². The van der Waals surface area contributed by atoms with Gasteiger partial charge in [0, 0.05) is 12.7 Å². The Labute approximate surface area is 97.3 Å². The maximum absolute atomic E-state index is 11.0. The maximum Gasteiger partial charge on any atom is 0.299 e. The van der Waals surface area contributed by atoms with E-state index in [1.54, 1.807) is 23.9 Å². The Morgan fingerprint density at radius 3 is 2.88 bits per heavy atom. The summed E-state index contributed by atoms with van der Waals surface area (Å²) >= 11 is 0. The van der Waals surface area contributed by atoms with Crippen molar-refractivity contribution >= 4 is 5.69 Å². The van der Waals surface area contributed by atoms with Gasteiger partial charge in [0.2, 0.25) is 0 Å². The molecule has 0 saturated carbocycles. The van der Waals surface area contributed by atoms with Crippen molar-refractivity contribution in [3.63, 3.8) is 0 Å². The molecule has 7 heteroatoms. The molecule has 17 heavy (non-hydrogen) atoms. The van der Waals surface area contributed by atoms with Crippen LogP contribution in [0.5, 0.6) is 0 Å². The van der Waals surface area contributed by atoms with Crippen LogP contribution in [0.3, 0.4) is 0 Å². The lowest BCUT2D eigenvalue weighted by Crippen LogP contribution is -1.97. The lowest BCUT2D eigenvalue weighted by molar-refractivity contribution is -0.385. The second-order valence-electron chi connectivity index (χ2n) is 3.51. The molecule has 88 valence electrons. The minimum absolute atomic E-state index is 0.0179. The van der Waals surface area contributed by atoms with E-state index in [1.165, 1.54) is 6.20 Å². The molecule has 2 rings (SSSR count). The summed E-state index contributed by atoms with van der Waals surface area (Å²) in [6, 6.07) is 1.58. The molecule has 7 nitrogen and oxygen atoms in total. The predicted molar refractivity (Wildman–Crippen MR) is 60.3 cm³/mol. The number of nitrogens with zero attached hydrogens (tertiary/aromatic N) is 5. The van der Waals surface area contributed by atoms with E-state index in [4.69, 9.17) is 0 Å². The van der Waals surface area contributed by atoms with Gasteiger partial charge in [-0.05, 0) is 19.9 Å². The predicted octanol–water partition coefficient (Wildman–Crippen LogP) is 1.58. The Hall–Kier alpha value is -2.31. The Morgan fingerprint density at radius 2 is 2.29 bits per heavy atom. The van der Waals surface area contributed by atoms with Gasteiger partial charge in [-0.2, -0.15) is 0 Å². The molecule has 0 N–H and O–H groups in total. The van der Waals surface area contributed by atoms with Crippen LogP contribution < -0.4 is 0 Å². The minimum atomic E-state index is -0.442. The highest BCUT2D eigenvalue weighted by molar-refractivity contribution is 5.70. The first-order chi connectivity index (χ1) is 8.13. The highest BCUT2D eigenvalue weighted by atomic mass is 16.6. The monoisotopic (exact) mass is 233 g/mol. The van der Waals surface area contributed by atoms with Gasteiger partial charge < -0.3 is 0 Å². The van der Waals surface area contributed by atoms with Crippen LogP contribution in [0.1, 0.15) is 12.6 Å². The molecule has 0 radical (unpaired) electrons. The van der Waals surface area contributed by atoms with Gasteiger partial charge in [-0.1, -0.05) is 5.21 Å². The van der Waals surface area contributed by atoms with Gasteiger partial charge in [0.15, 0.2) is 0 Å². The molecule has 0 aromatic carbocycles. The van der Waals surface area contributed by atoms with Crippen LogP contribution in [0.25, 0.3) is 11.3 Å². The van der Waals surface area contributed by atoms with E-state index in [1.807, 2.05) is 6.92 Å². The number of aryl methyl sites for hydroxylation is 2. The fourth-order valence-corrected chi connectivity index (χ4v) is 1.57. The summed E-state index contributed by atoms with van der Waals surface area (Å²) in [6.45, 7) is 4.20. The number of aromatic nitrogens is 4. The normalized spacial score (nSPS) is 10.5. The van der Waals surface area contributed by atoms with E-state index < -0.39 is 4.92 Å². The molecular formula is C10H11N5O2. The molecule has 0 aliphatic carbocycles. The third kappa shape index (κ3) is 1.99. The lowest BCUT2D eigenvalue weighted by atomic mass is 10.1. The molecule has 0 amide bonds. The van der Waals surface area contributed by atoms with Crippen molar-refractivity contribution < 1.29 is 4.92 Å². The molecule has 2 aromatic rings. The largest absolute Gasteiger partial charge is 0.299 e. The van der Waals surface area contributed by atoms with E-state index >= 15 is 0 Å². The standard InChI is InChI=1S/C10H11N5O2/c1-3-14-6-9(12-13-14)8-4-5-11-7(2)10(8)15(16)17/h4-6H,3H2,1-2H3. The third-order valence-electron chi connectivity index (χ3n) is 2.43. The van der Waals surface area contributed by atoms with Gasteiger partial charge in [-0.15, -0.1) is 5.10 Å². The molecule has 0 fully saturated rings. The quantitative estimate of drug-likeness (QED) is 0.593. The SMILES string of the molecule is CCn1cc(-c2ccnc(C)c2[N+](=O)[O-])nn1.